The third kappa shape index (κ3) is 7.02. The second-order valence-electron chi connectivity index (χ2n) is 5.18. The van der Waals surface area contributed by atoms with E-state index in [1.54, 1.807) is 0 Å². The van der Waals surface area contributed by atoms with Crippen LogP contribution >= 0.6 is 24.0 Å². The molecule has 0 heterocycles. The van der Waals surface area contributed by atoms with Crippen molar-refractivity contribution in [3.63, 3.8) is 0 Å². The number of carboxylic acids is 1. The standard InChI is InChI=1S/C18H20N2O2S2/c21-17(22)13-24-16-10-8-15(9-11-16)20-18(23)19-12-4-7-14-5-2-1-3-6-14/h1-3,5-6,8-11H,4,7,12-13H2,(H,21,22)(H2,19,20,23). The lowest BCUT2D eigenvalue weighted by Gasteiger charge is -2.11. The van der Waals surface area contributed by atoms with Gasteiger partial charge in [-0.25, -0.2) is 0 Å². The first-order valence-corrected chi connectivity index (χ1v) is 9.06. The van der Waals surface area contributed by atoms with Crippen molar-refractivity contribution in [2.75, 3.05) is 17.6 Å². The van der Waals surface area contributed by atoms with E-state index >= 15 is 0 Å². The molecular formula is C18H20N2O2S2. The Kier molecular flexibility index (Phi) is 7.58. The van der Waals surface area contributed by atoms with Gasteiger partial charge in [0, 0.05) is 17.1 Å². The topological polar surface area (TPSA) is 61.4 Å². The third-order valence-corrected chi connectivity index (χ3v) is 4.49. The van der Waals surface area contributed by atoms with E-state index in [9.17, 15) is 4.79 Å². The molecule has 0 spiro atoms. The van der Waals surface area contributed by atoms with E-state index in [-0.39, 0.29) is 5.75 Å². The van der Waals surface area contributed by atoms with Gasteiger partial charge < -0.3 is 15.7 Å². The summed E-state index contributed by atoms with van der Waals surface area (Å²) in [5, 5.41) is 15.6. The van der Waals surface area contributed by atoms with Crippen molar-refractivity contribution < 1.29 is 9.90 Å². The van der Waals surface area contributed by atoms with Crippen LogP contribution in [0.5, 0.6) is 0 Å². The van der Waals surface area contributed by atoms with E-state index in [1.807, 2.05) is 42.5 Å². The van der Waals surface area contributed by atoms with E-state index < -0.39 is 5.97 Å². The lowest BCUT2D eigenvalue weighted by molar-refractivity contribution is -0.133. The van der Waals surface area contributed by atoms with Crippen LogP contribution in [0.15, 0.2) is 59.5 Å². The quantitative estimate of drug-likeness (QED) is 0.378. The summed E-state index contributed by atoms with van der Waals surface area (Å²) in [5.74, 6) is -0.753. The number of hydrogen-bond donors (Lipinski definition) is 3. The monoisotopic (exact) mass is 360 g/mol. The van der Waals surface area contributed by atoms with Gasteiger partial charge in [-0.15, -0.1) is 11.8 Å². The summed E-state index contributed by atoms with van der Waals surface area (Å²) in [5.41, 5.74) is 2.21. The number of hydrogen-bond acceptors (Lipinski definition) is 3. The zero-order valence-corrected chi connectivity index (χ0v) is 14.8. The minimum Gasteiger partial charge on any atom is -0.481 e. The predicted octanol–water partition coefficient (Wildman–Crippen LogP) is 3.78. The lowest BCUT2D eigenvalue weighted by Crippen LogP contribution is -2.29. The highest BCUT2D eigenvalue weighted by atomic mass is 32.2. The molecule has 0 fully saturated rings. The fraction of sp³-hybridized carbons (Fsp3) is 0.222. The zero-order chi connectivity index (χ0) is 17.2. The average molecular weight is 361 g/mol. The first-order chi connectivity index (χ1) is 11.6. The smallest absolute Gasteiger partial charge is 0.313 e. The maximum atomic E-state index is 10.5. The van der Waals surface area contributed by atoms with Crippen molar-refractivity contribution in [1.29, 1.82) is 0 Å². The van der Waals surface area contributed by atoms with Gasteiger partial charge in [-0.05, 0) is 54.9 Å². The molecule has 24 heavy (non-hydrogen) atoms. The third-order valence-electron chi connectivity index (χ3n) is 3.25. The van der Waals surface area contributed by atoms with Gasteiger partial charge in [0.1, 0.15) is 0 Å². The Morgan fingerprint density at radius 1 is 1.08 bits per heavy atom. The normalized spacial score (nSPS) is 10.2. The number of anilines is 1. The van der Waals surface area contributed by atoms with Gasteiger partial charge in [-0.1, -0.05) is 30.3 Å². The van der Waals surface area contributed by atoms with Crippen LogP contribution in [-0.2, 0) is 11.2 Å². The van der Waals surface area contributed by atoms with Crippen LogP contribution < -0.4 is 10.6 Å². The minimum absolute atomic E-state index is 0.0636. The van der Waals surface area contributed by atoms with Crippen molar-refractivity contribution in [3.8, 4) is 0 Å². The lowest BCUT2D eigenvalue weighted by atomic mass is 10.1. The summed E-state index contributed by atoms with van der Waals surface area (Å²) in [6.07, 6.45) is 2.03. The van der Waals surface area contributed by atoms with Crippen LogP contribution in [0, 0.1) is 0 Å². The number of aryl methyl sites for hydroxylation is 1. The van der Waals surface area contributed by atoms with Crippen LogP contribution in [0.25, 0.3) is 0 Å². The van der Waals surface area contributed by atoms with Gasteiger partial charge in [0.15, 0.2) is 5.11 Å². The van der Waals surface area contributed by atoms with E-state index in [4.69, 9.17) is 17.3 Å². The minimum atomic E-state index is -0.817. The molecule has 126 valence electrons. The summed E-state index contributed by atoms with van der Waals surface area (Å²) in [4.78, 5) is 11.5. The Morgan fingerprint density at radius 2 is 1.79 bits per heavy atom. The number of carboxylic acid groups (broad SMARTS) is 1. The maximum absolute atomic E-state index is 10.5. The van der Waals surface area contributed by atoms with Crippen LogP contribution in [0.4, 0.5) is 5.69 Å². The highest BCUT2D eigenvalue weighted by Crippen LogP contribution is 2.20. The summed E-state index contributed by atoms with van der Waals surface area (Å²) in [7, 11) is 0. The molecule has 0 unspecified atom stereocenters. The van der Waals surface area contributed by atoms with Crippen molar-refractivity contribution in [2.24, 2.45) is 0 Å². The molecule has 6 heteroatoms. The molecule has 0 aromatic heterocycles. The summed E-state index contributed by atoms with van der Waals surface area (Å²) < 4.78 is 0. The van der Waals surface area contributed by atoms with Crippen LogP contribution in [0.3, 0.4) is 0 Å². The molecule has 0 radical (unpaired) electrons. The molecule has 2 aromatic rings. The van der Waals surface area contributed by atoms with E-state index in [2.05, 4.69) is 22.8 Å². The van der Waals surface area contributed by atoms with Gasteiger partial charge >= 0.3 is 5.97 Å². The molecule has 0 aliphatic heterocycles. The van der Waals surface area contributed by atoms with Gasteiger partial charge in [0.05, 0.1) is 5.75 Å². The molecule has 2 aromatic carbocycles. The maximum Gasteiger partial charge on any atom is 0.313 e. The number of thioether (sulfide) groups is 1. The van der Waals surface area contributed by atoms with Crippen LogP contribution in [-0.4, -0.2) is 28.5 Å². The second kappa shape index (κ2) is 9.95. The Labute approximate surface area is 151 Å². The molecule has 0 bridgehead atoms. The Hall–Kier alpha value is -2.05. The first-order valence-electron chi connectivity index (χ1n) is 7.67. The second-order valence-corrected chi connectivity index (χ2v) is 6.63. The fourth-order valence-electron chi connectivity index (χ4n) is 2.09. The summed E-state index contributed by atoms with van der Waals surface area (Å²) in [6.45, 7) is 0.813. The number of carbonyl (C=O) groups is 1. The Balaban J connectivity index is 1.67. The van der Waals surface area contributed by atoms with E-state index in [0.29, 0.717) is 5.11 Å². The van der Waals surface area contributed by atoms with Crippen molar-refractivity contribution in [3.05, 3.63) is 60.2 Å². The number of nitrogens with one attached hydrogen (secondary N) is 2. The molecule has 0 aliphatic rings. The summed E-state index contributed by atoms with van der Waals surface area (Å²) >= 11 is 6.57. The molecule has 0 saturated carbocycles. The fourth-order valence-corrected chi connectivity index (χ4v) is 2.93. The van der Waals surface area contributed by atoms with Crippen LogP contribution in [0.1, 0.15) is 12.0 Å². The van der Waals surface area contributed by atoms with Crippen molar-refractivity contribution in [2.45, 2.75) is 17.7 Å². The highest BCUT2D eigenvalue weighted by molar-refractivity contribution is 8.00. The molecular weight excluding hydrogens is 340 g/mol. The number of benzene rings is 2. The number of rotatable bonds is 8. The molecule has 4 nitrogen and oxygen atoms in total. The molecule has 0 amide bonds. The Morgan fingerprint density at radius 3 is 2.46 bits per heavy atom. The predicted molar refractivity (Wildman–Crippen MR) is 104 cm³/mol. The van der Waals surface area contributed by atoms with Gasteiger partial charge in [0.25, 0.3) is 0 Å². The van der Waals surface area contributed by atoms with Crippen molar-refractivity contribution in [1.82, 2.24) is 5.32 Å². The van der Waals surface area contributed by atoms with E-state index in [0.717, 1.165) is 30.0 Å². The highest BCUT2D eigenvalue weighted by Gasteiger charge is 2.01. The van der Waals surface area contributed by atoms with Crippen molar-refractivity contribution >= 4 is 40.7 Å². The number of aliphatic carboxylic acids is 1. The van der Waals surface area contributed by atoms with Gasteiger partial charge in [0.2, 0.25) is 0 Å². The molecule has 0 atom stereocenters. The zero-order valence-electron chi connectivity index (χ0n) is 13.2. The first kappa shape index (κ1) is 18.3. The molecule has 0 aliphatic carbocycles. The van der Waals surface area contributed by atoms with Gasteiger partial charge in [-0.2, -0.15) is 0 Å². The molecule has 2 rings (SSSR count). The molecule has 3 N–H and O–H groups in total. The van der Waals surface area contributed by atoms with E-state index in [1.165, 1.54) is 17.3 Å². The molecule has 0 saturated heterocycles. The SMILES string of the molecule is O=C(O)CSc1ccc(NC(=S)NCCCc2ccccc2)cc1. The summed E-state index contributed by atoms with van der Waals surface area (Å²) in [6, 6.07) is 17.9. The van der Waals surface area contributed by atoms with Gasteiger partial charge in [-0.3, -0.25) is 4.79 Å². The largest absolute Gasteiger partial charge is 0.481 e. The number of thiocarbonyl (C=S) groups is 1. The van der Waals surface area contributed by atoms with Crippen LogP contribution in [0.2, 0.25) is 0 Å². The Bertz CT molecular complexity index is 660. The average Bonchev–Trinajstić information content (AvgIpc) is 2.59.